The van der Waals surface area contributed by atoms with E-state index in [0.29, 0.717) is 10.6 Å². The molecule has 22 heavy (non-hydrogen) atoms. The minimum atomic E-state index is -0.155. The van der Waals surface area contributed by atoms with Crippen molar-refractivity contribution in [1.29, 1.82) is 0 Å². The van der Waals surface area contributed by atoms with E-state index in [9.17, 15) is 9.90 Å². The summed E-state index contributed by atoms with van der Waals surface area (Å²) in [5.74, 6) is -0.211. The largest absolute Gasteiger partial charge is 0.507 e. The molecule has 124 valence electrons. The molecule has 0 unspecified atom stereocenters. The maximum atomic E-state index is 12.2. The van der Waals surface area contributed by atoms with Gasteiger partial charge in [0.05, 0.1) is 5.56 Å². The molecule has 1 aromatic carbocycles. The number of halogens is 1. The summed E-state index contributed by atoms with van der Waals surface area (Å²) in [5, 5.41) is 10.2. The number of rotatable bonds is 10. The van der Waals surface area contributed by atoms with Gasteiger partial charge in [-0.15, -0.1) is 0 Å². The third kappa shape index (κ3) is 6.69. The van der Waals surface area contributed by atoms with E-state index in [4.69, 9.17) is 11.6 Å². The molecule has 0 aliphatic carbocycles. The molecule has 1 rings (SSSR count). The monoisotopic (exact) mass is 325 g/mol. The highest BCUT2D eigenvalue weighted by Crippen LogP contribution is 2.23. The van der Waals surface area contributed by atoms with Crippen LogP contribution in [0.2, 0.25) is 5.02 Å². The van der Waals surface area contributed by atoms with Crippen molar-refractivity contribution in [3.63, 3.8) is 0 Å². The summed E-state index contributed by atoms with van der Waals surface area (Å²) < 4.78 is 0. The number of carbonyl (C=O) groups is 1. The van der Waals surface area contributed by atoms with Crippen LogP contribution in [0.5, 0.6) is 5.75 Å². The Kier molecular flexibility index (Phi) is 8.98. The van der Waals surface area contributed by atoms with Crippen molar-refractivity contribution in [1.82, 2.24) is 4.90 Å². The second-order valence-corrected chi connectivity index (χ2v) is 6.30. The van der Waals surface area contributed by atoms with Crippen LogP contribution in [0.15, 0.2) is 18.2 Å². The van der Waals surface area contributed by atoms with E-state index < -0.39 is 0 Å². The summed E-state index contributed by atoms with van der Waals surface area (Å²) in [5.41, 5.74) is 0.312. The zero-order valence-electron chi connectivity index (χ0n) is 13.8. The number of aromatic hydroxyl groups is 1. The summed E-state index contributed by atoms with van der Waals surface area (Å²) in [7, 11) is 1.78. The first kappa shape index (κ1) is 18.8. The highest BCUT2D eigenvalue weighted by Gasteiger charge is 2.15. The molecule has 0 aliphatic rings. The maximum Gasteiger partial charge on any atom is 0.257 e. The number of unbranched alkanes of at least 4 members (excludes halogenated alkanes) is 7. The van der Waals surface area contributed by atoms with Gasteiger partial charge in [-0.25, -0.2) is 0 Å². The van der Waals surface area contributed by atoms with Gasteiger partial charge in [0.2, 0.25) is 0 Å². The van der Waals surface area contributed by atoms with Crippen molar-refractivity contribution in [3.8, 4) is 5.75 Å². The third-order valence-electron chi connectivity index (χ3n) is 3.88. The Morgan fingerprint density at radius 3 is 2.27 bits per heavy atom. The van der Waals surface area contributed by atoms with Crippen LogP contribution >= 0.6 is 11.6 Å². The van der Waals surface area contributed by atoms with Crippen LogP contribution in [0.1, 0.15) is 68.6 Å². The average Bonchev–Trinajstić information content (AvgIpc) is 2.49. The Hall–Kier alpha value is -1.22. The third-order valence-corrected chi connectivity index (χ3v) is 4.12. The smallest absolute Gasteiger partial charge is 0.257 e. The predicted molar refractivity (Wildman–Crippen MR) is 92.7 cm³/mol. The molecule has 1 amide bonds. The van der Waals surface area contributed by atoms with E-state index in [1.54, 1.807) is 24.1 Å². The van der Waals surface area contributed by atoms with Crippen molar-refractivity contribution >= 4 is 17.5 Å². The molecule has 1 N–H and O–H groups in total. The SMILES string of the molecule is CCCCCCCCCCN(C)C(=O)c1ccc(Cl)cc1O. The Labute approximate surface area is 139 Å². The Morgan fingerprint density at radius 1 is 1.09 bits per heavy atom. The number of phenols is 1. The van der Waals surface area contributed by atoms with Crippen molar-refractivity contribution in [3.05, 3.63) is 28.8 Å². The van der Waals surface area contributed by atoms with E-state index in [2.05, 4.69) is 6.92 Å². The quantitative estimate of drug-likeness (QED) is 0.596. The minimum Gasteiger partial charge on any atom is -0.507 e. The molecule has 0 aromatic heterocycles. The van der Waals surface area contributed by atoms with E-state index in [1.807, 2.05) is 0 Å². The zero-order valence-corrected chi connectivity index (χ0v) is 14.5. The van der Waals surface area contributed by atoms with Gasteiger partial charge in [0, 0.05) is 18.6 Å². The van der Waals surface area contributed by atoms with Crippen molar-refractivity contribution in [2.45, 2.75) is 58.3 Å². The molecule has 0 atom stereocenters. The standard InChI is InChI=1S/C18H28ClNO2/c1-3-4-5-6-7-8-9-10-13-20(2)18(22)16-12-11-15(19)14-17(16)21/h11-12,14,21H,3-10,13H2,1-2H3. The molecule has 0 radical (unpaired) electrons. The van der Waals surface area contributed by atoms with Crippen LogP contribution < -0.4 is 0 Å². The van der Waals surface area contributed by atoms with Gasteiger partial charge >= 0.3 is 0 Å². The average molecular weight is 326 g/mol. The van der Waals surface area contributed by atoms with Gasteiger partial charge < -0.3 is 10.0 Å². The lowest BCUT2D eigenvalue weighted by atomic mass is 10.1. The molecule has 0 heterocycles. The van der Waals surface area contributed by atoms with Crippen LogP contribution in [-0.4, -0.2) is 29.5 Å². The van der Waals surface area contributed by atoms with Crippen molar-refractivity contribution in [2.24, 2.45) is 0 Å². The lowest BCUT2D eigenvalue weighted by Gasteiger charge is -2.17. The number of carbonyl (C=O) groups excluding carboxylic acids is 1. The topological polar surface area (TPSA) is 40.5 Å². The summed E-state index contributed by atoms with van der Waals surface area (Å²) in [6.45, 7) is 2.95. The van der Waals surface area contributed by atoms with Crippen molar-refractivity contribution < 1.29 is 9.90 Å². The highest BCUT2D eigenvalue weighted by molar-refractivity contribution is 6.30. The number of hydrogen-bond acceptors (Lipinski definition) is 2. The number of amides is 1. The van der Waals surface area contributed by atoms with Gasteiger partial charge in [-0.2, -0.15) is 0 Å². The van der Waals surface area contributed by atoms with E-state index in [-0.39, 0.29) is 11.7 Å². The number of phenolic OH excluding ortho intramolecular Hbond substituents is 1. The Bertz CT molecular complexity index is 462. The van der Waals surface area contributed by atoms with Gasteiger partial charge in [0.25, 0.3) is 5.91 Å². The molecule has 4 heteroatoms. The Balaban J connectivity index is 2.24. The molecule has 0 saturated carbocycles. The predicted octanol–water partition coefficient (Wildman–Crippen LogP) is 5.26. The molecule has 3 nitrogen and oxygen atoms in total. The first-order chi connectivity index (χ1) is 10.6. The summed E-state index contributed by atoms with van der Waals surface area (Å²) in [4.78, 5) is 13.9. The number of nitrogens with zero attached hydrogens (tertiary/aromatic N) is 1. The van der Waals surface area contributed by atoms with Gasteiger partial charge in [-0.05, 0) is 24.6 Å². The summed E-state index contributed by atoms with van der Waals surface area (Å²) >= 11 is 5.78. The van der Waals surface area contributed by atoms with Crippen LogP contribution in [0.25, 0.3) is 0 Å². The number of benzene rings is 1. The van der Waals surface area contributed by atoms with Gasteiger partial charge in [0.1, 0.15) is 5.75 Å². The second-order valence-electron chi connectivity index (χ2n) is 5.86. The number of hydrogen-bond donors (Lipinski definition) is 1. The Morgan fingerprint density at radius 2 is 1.68 bits per heavy atom. The second kappa shape index (κ2) is 10.5. The van der Waals surface area contributed by atoms with Crippen molar-refractivity contribution in [2.75, 3.05) is 13.6 Å². The fourth-order valence-electron chi connectivity index (χ4n) is 2.48. The zero-order chi connectivity index (χ0) is 16.4. The first-order valence-electron chi connectivity index (χ1n) is 8.30. The molecule has 1 aromatic rings. The lowest BCUT2D eigenvalue weighted by Crippen LogP contribution is -2.27. The molecule has 0 spiro atoms. The van der Waals surface area contributed by atoms with Gasteiger partial charge in [-0.3, -0.25) is 4.79 Å². The molecule has 0 aliphatic heterocycles. The van der Waals surface area contributed by atoms with Crippen LogP contribution in [0.4, 0.5) is 0 Å². The van der Waals surface area contributed by atoms with Crippen LogP contribution in [0, 0.1) is 0 Å². The molecular formula is C18H28ClNO2. The summed E-state index contributed by atoms with van der Waals surface area (Å²) in [6, 6.07) is 4.60. The molecule has 0 saturated heterocycles. The molecule has 0 fully saturated rings. The fraction of sp³-hybridized carbons (Fsp3) is 0.611. The fourth-order valence-corrected chi connectivity index (χ4v) is 2.64. The van der Waals surface area contributed by atoms with Gasteiger partial charge in [0.15, 0.2) is 0 Å². The highest BCUT2D eigenvalue weighted by atomic mass is 35.5. The van der Waals surface area contributed by atoms with E-state index in [0.717, 1.165) is 19.4 Å². The summed E-state index contributed by atoms with van der Waals surface area (Å²) in [6.07, 6.45) is 9.95. The van der Waals surface area contributed by atoms with Crippen LogP contribution in [-0.2, 0) is 0 Å². The van der Waals surface area contributed by atoms with Crippen LogP contribution in [0.3, 0.4) is 0 Å². The lowest BCUT2D eigenvalue weighted by molar-refractivity contribution is 0.0789. The first-order valence-corrected chi connectivity index (χ1v) is 8.68. The molecule has 0 bridgehead atoms. The minimum absolute atomic E-state index is 0.0553. The normalized spacial score (nSPS) is 10.7. The molecular weight excluding hydrogens is 298 g/mol. The van der Waals surface area contributed by atoms with E-state index >= 15 is 0 Å². The maximum absolute atomic E-state index is 12.2. The van der Waals surface area contributed by atoms with Gasteiger partial charge in [-0.1, -0.05) is 63.5 Å². The van der Waals surface area contributed by atoms with E-state index in [1.165, 1.54) is 44.6 Å².